The van der Waals surface area contributed by atoms with Gasteiger partial charge in [0.25, 0.3) is 5.91 Å². The fourth-order valence-corrected chi connectivity index (χ4v) is 4.53. The zero-order chi connectivity index (χ0) is 23.0. The van der Waals surface area contributed by atoms with Gasteiger partial charge in [0.05, 0.1) is 26.5 Å². The highest BCUT2D eigenvalue weighted by Gasteiger charge is 2.47. The normalized spacial score (nSPS) is 17.8. The van der Waals surface area contributed by atoms with Gasteiger partial charge in [0.1, 0.15) is 22.7 Å². The molecule has 0 fully saturated rings. The number of aromatic nitrogens is 1. The molecular formula is C26H25N3O4. The van der Waals surface area contributed by atoms with Crippen molar-refractivity contribution in [1.82, 2.24) is 14.8 Å². The van der Waals surface area contributed by atoms with Gasteiger partial charge in [-0.2, -0.15) is 0 Å². The Kier molecular flexibility index (Phi) is 5.17. The van der Waals surface area contributed by atoms with Crippen LogP contribution in [0, 0.1) is 0 Å². The van der Waals surface area contributed by atoms with Crippen molar-refractivity contribution in [2.24, 2.45) is 0 Å². The first kappa shape index (κ1) is 20.9. The standard InChI is InChI=1S/C26H25N3O4/c1-26(25(31)27-15-19-9-4-6-12-23(19)32-2)17-28-21-11-5-3-8-18(21)14-22(28)24(30)29(26)16-20-10-7-13-33-20/h3-14H,15-17H2,1-2H3,(H,27,31)/t26-/m1/s1. The van der Waals surface area contributed by atoms with E-state index < -0.39 is 5.54 Å². The molecule has 5 rings (SSSR count). The van der Waals surface area contributed by atoms with E-state index in [-0.39, 0.29) is 18.4 Å². The van der Waals surface area contributed by atoms with Crippen LogP contribution in [0.2, 0.25) is 0 Å². The minimum absolute atomic E-state index is 0.200. The predicted octanol–water partition coefficient (Wildman–Crippen LogP) is 3.97. The first-order valence-electron chi connectivity index (χ1n) is 10.8. The topological polar surface area (TPSA) is 76.7 Å². The molecule has 2 amide bonds. The molecule has 168 valence electrons. The largest absolute Gasteiger partial charge is 0.496 e. The number of furan rings is 1. The molecule has 1 aliphatic heterocycles. The predicted molar refractivity (Wildman–Crippen MR) is 124 cm³/mol. The third kappa shape index (κ3) is 3.55. The molecule has 1 atom stereocenters. The van der Waals surface area contributed by atoms with Gasteiger partial charge >= 0.3 is 0 Å². The number of carbonyl (C=O) groups is 2. The zero-order valence-corrected chi connectivity index (χ0v) is 18.6. The Morgan fingerprint density at radius 3 is 2.70 bits per heavy atom. The number of benzene rings is 2. The van der Waals surface area contributed by atoms with E-state index in [0.29, 0.717) is 30.3 Å². The lowest BCUT2D eigenvalue weighted by Crippen LogP contribution is -2.63. The average Bonchev–Trinajstić information content (AvgIpc) is 3.48. The maximum Gasteiger partial charge on any atom is 0.271 e. The second-order valence-corrected chi connectivity index (χ2v) is 8.41. The monoisotopic (exact) mass is 443 g/mol. The Morgan fingerprint density at radius 2 is 1.91 bits per heavy atom. The van der Waals surface area contributed by atoms with Crippen molar-refractivity contribution < 1.29 is 18.7 Å². The van der Waals surface area contributed by atoms with E-state index in [9.17, 15) is 9.59 Å². The molecule has 0 saturated carbocycles. The lowest BCUT2D eigenvalue weighted by atomic mass is 9.94. The third-order valence-corrected chi connectivity index (χ3v) is 6.35. The molecule has 7 heteroatoms. The molecular weight excluding hydrogens is 418 g/mol. The number of para-hydroxylation sites is 2. The van der Waals surface area contributed by atoms with Gasteiger partial charge in [0, 0.05) is 23.0 Å². The van der Waals surface area contributed by atoms with E-state index in [1.165, 1.54) is 0 Å². The number of ether oxygens (including phenoxy) is 1. The molecule has 0 radical (unpaired) electrons. The minimum Gasteiger partial charge on any atom is -0.496 e. The first-order chi connectivity index (χ1) is 16.0. The van der Waals surface area contributed by atoms with Crippen molar-refractivity contribution in [3.8, 4) is 5.75 Å². The molecule has 7 nitrogen and oxygen atoms in total. The van der Waals surface area contributed by atoms with Crippen LogP contribution in [0.4, 0.5) is 0 Å². The smallest absolute Gasteiger partial charge is 0.271 e. The molecule has 0 spiro atoms. The number of amides is 2. The molecule has 3 heterocycles. The Labute approximate surface area is 191 Å². The second kappa shape index (κ2) is 8.16. The van der Waals surface area contributed by atoms with E-state index in [1.807, 2.05) is 72.2 Å². The van der Waals surface area contributed by atoms with Gasteiger partial charge in [-0.05, 0) is 37.3 Å². The maximum atomic E-state index is 13.7. The highest BCUT2D eigenvalue weighted by atomic mass is 16.5. The summed E-state index contributed by atoms with van der Waals surface area (Å²) in [5.74, 6) is 0.881. The number of nitrogens with one attached hydrogen (secondary N) is 1. The van der Waals surface area contributed by atoms with Crippen molar-refractivity contribution >= 4 is 22.7 Å². The van der Waals surface area contributed by atoms with Crippen LogP contribution in [0.5, 0.6) is 5.75 Å². The lowest BCUT2D eigenvalue weighted by molar-refractivity contribution is -0.133. The fourth-order valence-electron chi connectivity index (χ4n) is 4.53. The summed E-state index contributed by atoms with van der Waals surface area (Å²) >= 11 is 0. The SMILES string of the molecule is COc1ccccc1CNC(=O)[C@@]1(C)Cn2c(cc3ccccc32)C(=O)N1Cc1ccco1. The molecule has 4 aromatic rings. The highest BCUT2D eigenvalue weighted by Crippen LogP contribution is 2.33. The van der Waals surface area contributed by atoms with Crippen LogP contribution in [0.25, 0.3) is 10.9 Å². The molecule has 2 aromatic carbocycles. The maximum absolute atomic E-state index is 13.7. The molecule has 33 heavy (non-hydrogen) atoms. The lowest BCUT2D eigenvalue weighted by Gasteiger charge is -2.43. The first-order valence-corrected chi connectivity index (χ1v) is 10.8. The van der Waals surface area contributed by atoms with Crippen LogP contribution >= 0.6 is 0 Å². The summed E-state index contributed by atoms with van der Waals surface area (Å²) in [5, 5.41) is 4.00. The van der Waals surface area contributed by atoms with E-state index in [2.05, 4.69) is 5.32 Å². The van der Waals surface area contributed by atoms with Gasteiger partial charge in [-0.25, -0.2) is 0 Å². The molecule has 1 N–H and O–H groups in total. The Balaban J connectivity index is 1.51. The second-order valence-electron chi connectivity index (χ2n) is 8.41. The summed E-state index contributed by atoms with van der Waals surface area (Å²) in [7, 11) is 1.60. The highest BCUT2D eigenvalue weighted by molar-refractivity contribution is 6.03. The van der Waals surface area contributed by atoms with Gasteiger partial charge in [-0.1, -0.05) is 36.4 Å². The van der Waals surface area contributed by atoms with E-state index in [1.54, 1.807) is 24.3 Å². The molecule has 0 unspecified atom stereocenters. The Hall–Kier alpha value is -4.00. The third-order valence-electron chi connectivity index (χ3n) is 6.35. The van der Waals surface area contributed by atoms with Gasteiger partial charge in [-0.15, -0.1) is 0 Å². The Bertz CT molecular complexity index is 1320. The zero-order valence-electron chi connectivity index (χ0n) is 18.6. The van der Waals surface area contributed by atoms with E-state index in [0.717, 1.165) is 16.5 Å². The summed E-state index contributed by atoms with van der Waals surface area (Å²) in [6.07, 6.45) is 1.57. The molecule has 0 aliphatic carbocycles. The number of methoxy groups -OCH3 is 1. The van der Waals surface area contributed by atoms with Crippen molar-refractivity contribution in [3.05, 3.63) is 90.0 Å². The number of hydrogen-bond acceptors (Lipinski definition) is 4. The summed E-state index contributed by atoms with van der Waals surface area (Å²) in [4.78, 5) is 28.9. The van der Waals surface area contributed by atoms with Crippen molar-refractivity contribution in [1.29, 1.82) is 0 Å². The number of rotatable bonds is 6. The summed E-state index contributed by atoms with van der Waals surface area (Å²) in [5.41, 5.74) is 1.24. The summed E-state index contributed by atoms with van der Waals surface area (Å²) < 4.78 is 12.9. The van der Waals surface area contributed by atoms with Crippen LogP contribution in [0.3, 0.4) is 0 Å². The molecule has 0 bridgehead atoms. The van der Waals surface area contributed by atoms with Crippen LogP contribution in [0.1, 0.15) is 28.7 Å². The summed E-state index contributed by atoms with van der Waals surface area (Å²) in [6, 6.07) is 20.9. The van der Waals surface area contributed by atoms with Crippen molar-refractivity contribution in [2.75, 3.05) is 7.11 Å². The average molecular weight is 444 g/mol. The number of fused-ring (bicyclic) bond motifs is 3. The molecule has 2 aromatic heterocycles. The molecule has 1 aliphatic rings. The van der Waals surface area contributed by atoms with Crippen LogP contribution < -0.4 is 10.1 Å². The van der Waals surface area contributed by atoms with E-state index in [4.69, 9.17) is 9.15 Å². The number of hydrogen-bond donors (Lipinski definition) is 1. The number of carbonyl (C=O) groups excluding carboxylic acids is 2. The summed E-state index contributed by atoms with van der Waals surface area (Å²) in [6.45, 7) is 2.63. The van der Waals surface area contributed by atoms with Crippen LogP contribution in [0.15, 0.2) is 77.4 Å². The van der Waals surface area contributed by atoms with Crippen molar-refractivity contribution in [3.63, 3.8) is 0 Å². The van der Waals surface area contributed by atoms with Gasteiger partial charge in [0.15, 0.2) is 0 Å². The molecule has 0 saturated heterocycles. The van der Waals surface area contributed by atoms with Gasteiger partial charge in [-0.3, -0.25) is 9.59 Å². The van der Waals surface area contributed by atoms with Gasteiger partial charge < -0.3 is 23.9 Å². The fraction of sp³-hybridized carbons (Fsp3) is 0.231. The quantitative estimate of drug-likeness (QED) is 0.489. The van der Waals surface area contributed by atoms with Crippen LogP contribution in [-0.4, -0.2) is 33.9 Å². The van der Waals surface area contributed by atoms with Crippen LogP contribution in [-0.2, 0) is 24.4 Å². The number of nitrogens with zero attached hydrogens (tertiary/aromatic N) is 2. The van der Waals surface area contributed by atoms with Gasteiger partial charge in [0.2, 0.25) is 5.91 Å². The minimum atomic E-state index is -1.12. The Morgan fingerprint density at radius 1 is 1.12 bits per heavy atom. The van der Waals surface area contributed by atoms with Crippen molar-refractivity contribution in [2.45, 2.75) is 32.1 Å². The van der Waals surface area contributed by atoms with E-state index >= 15 is 0 Å².